The number of aromatic nitrogens is 1. The number of hydrogen-bond donors (Lipinski definition) is 1. The molecule has 6 rings (SSSR count). The normalized spacial score (nSPS) is 13.1. The molecule has 0 atom stereocenters. The van der Waals surface area contributed by atoms with Crippen LogP contribution in [0.15, 0.2) is 85.1 Å². The second kappa shape index (κ2) is 7.56. The van der Waals surface area contributed by atoms with E-state index in [0.717, 1.165) is 16.6 Å². The van der Waals surface area contributed by atoms with Gasteiger partial charge in [-0.25, -0.2) is 0 Å². The first-order valence-corrected chi connectivity index (χ1v) is 10.3. The Kier molecular flexibility index (Phi) is 4.61. The molecule has 0 bridgehead atoms. The highest BCUT2D eigenvalue weighted by molar-refractivity contribution is 6.08. The van der Waals surface area contributed by atoms with Crippen LogP contribution in [-0.4, -0.2) is 4.98 Å². The second-order valence-electron chi connectivity index (χ2n) is 7.75. The molecular weight excluding hydrogens is 352 g/mol. The number of nitrogens with two attached hydrogens (primary N) is 1. The van der Waals surface area contributed by atoms with Crippen molar-refractivity contribution in [3.05, 3.63) is 96.2 Å². The van der Waals surface area contributed by atoms with Crippen LogP contribution in [0.4, 0.5) is 5.69 Å². The molecule has 1 heterocycles. The molecule has 0 fully saturated rings. The lowest BCUT2D eigenvalue weighted by atomic mass is 9.86. The first kappa shape index (κ1) is 17.7. The van der Waals surface area contributed by atoms with Crippen LogP contribution in [0.3, 0.4) is 0 Å². The lowest BCUT2D eigenvalue weighted by Crippen LogP contribution is -2.02. The first-order valence-electron chi connectivity index (χ1n) is 10.3. The third-order valence-corrected chi connectivity index (χ3v) is 5.88. The molecule has 4 aromatic carbocycles. The number of fused-ring (bicyclic) bond motifs is 6. The van der Waals surface area contributed by atoms with Gasteiger partial charge >= 0.3 is 0 Å². The summed E-state index contributed by atoms with van der Waals surface area (Å²) in [6.07, 6.45) is 6.99. The van der Waals surface area contributed by atoms with E-state index in [1.165, 1.54) is 47.2 Å². The molecule has 142 valence electrons. The maximum Gasteiger partial charge on any atom is 0.0703 e. The summed E-state index contributed by atoms with van der Waals surface area (Å²) in [7, 11) is 0. The van der Waals surface area contributed by atoms with E-state index in [2.05, 4.69) is 53.5 Å². The van der Waals surface area contributed by atoms with Crippen LogP contribution in [0, 0.1) is 0 Å². The Balaban J connectivity index is 0.000000142. The van der Waals surface area contributed by atoms with Crippen LogP contribution in [0.25, 0.3) is 32.4 Å². The number of nitrogens with zero attached hydrogens (tertiary/aromatic N) is 1. The van der Waals surface area contributed by atoms with Gasteiger partial charge in [-0.15, -0.1) is 0 Å². The maximum absolute atomic E-state index is 5.60. The Labute approximate surface area is 171 Å². The molecule has 0 unspecified atom stereocenters. The van der Waals surface area contributed by atoms with Crippen LogP contribution >= 0.6 is 0 Å². The minimum atomic E-state index is 0.783. The van der Waals surface area contributed by atoms with Crippen molar-refractivity contribution >= 4 is 38.1 Å². The van der Waals surface area contributed by atoms with Gasteiger partial charge in [0.05, 0.1) is 5.52 Å². The summed E-state index contributed by atoms with van der Waals surface area (Å²) in [5.41, 5.74) is 10.5. The van der Waals surface area contributed by atoms with Crippen LogP contribution in [0.1, 0.15) is 24.0 Å². The number of hydrogen-bond acceptors (Lipinski definition) is 2. The zero-order valence-corrected chi connectivity index (χ0v) is 16.4. The summed E-state index contributed by atoms with van der Waals surface area (Å²) in [4.78, 5) is 4.17. The number of anilines is 1. The number of pyridine rings is 1. The molecule has 0 spiro atoms. The zero-order chi connectivity index (χ0) is 19.6. The molecule has 2 nitrogen and oxygen atoms in total. The quantitative estimate of drug-likeness (QED) is 0.241. The number of aryl methyl sites for hydroxylation is 2. The summed E-state index contributed by atoms with van der Waals surface area (Å²) < 4.78 is 0. The van der Waals surface area contributed by atoms with Gasteiger partial charge in [0, 0.05) is 17.3 Å². The van der Waals surface area contributed by atoms with E-state index in [1.807, 2.05) is 30.3 Å². The molecule has 1 aliphatic carbocycles. The summed E-state index contributed by atoms with van der Waals surface area (Å²) in [5.74, 6) is 0. The summed E-state index contributed by atoms with van der Waals surface area (Å²) in [6.45, 7) is 0. The van der Waals surface area contributed by atoms with Crippen LogP contribution < -0.4 is 5.73 Å². The van der Waals surface area contributed by atoms with Gasteiger partial charge in [0.2, 0.25) is 0 Å². The molecule has 1 aromatic heterocycles. The van der Waals surface area contributed by atoms with Crippen molar-refractivity contribution in [1.82, 2.24) is 4.98 Å². The van der Waals surface area contributed by atoms with Crippen LogP contribution in [0.5, 0.6) is 0 Å². The Morgan fingerprint density at radius 1 is 0.655 bits per heavy atom. The maximum atomic E-state index is 5.60. The molecule has 0 radical (unpaired) electrons. The lowest BCUT2D eigenvalue weighted by Gasteiger charge is -2.18. The monoisotopic (exact) mass is 376 g/mol. The van der Waals surface area contributed by atoms with E-state index < -0.39 is 0 Å². The van der Waals surface area contributed by atoms with E-state index in [1.54, 1.807) is 17.3 Å². The topological polar surface area (TPSA) is 38.9 Å². The zero-order valence-electron chi connectivity index (χ0n) is 16.4. The van der Waals surface area contributed by atoms with Crippen molar-refractivity contribution in [2.45, 2.75) is 25.7 Å². The fourth-order valence-corrected chi connectivity index (χ4v) is 4.44. The fourth-order valence-electron chi connectivity index (χ4n) is 4.44. The molecule has 29 heavy (non-hydrogen) atoms. The van der Waals surface area contributed by atoms with Gasteiger partial charge in [-0.2, -0.15) is 0 Å². The van der Waals surface area contributed by atoms with Gasteiger partial charge in [-0.05, 0) is 82.6 Å². The lowest BCUT2D eigenvalue weighted by molar-refractivity contribution is 0.690. The van der Waals surface area contributed by atoms with E-state index in [4.69, 9.17) is 5.73 Å². The highest BCUT2D eigenvalue weighted by Crippen LogP contribution is 2.33. The smallest absolute Gasteiger partial charge is 0.0703 e. The number of benzene rings is 4. The van der Waals surface area contributed by atoms with Gasteiger partial charge in [-0.1, -0.05) is 54.6 Å². The van der Waals surface area contributed by atoms with E-state index >= 15 is 0 Å². The molecule has 0 amide bonds. The van der Waals surface area contributed by atoms with Crippen LogP contribution in [0.2, 0.25) is 0 Å². The van der Waals surface area contributed by atoms with Crippen LogP contribution in [-0.2, 0) is 12.8 Å². The number of nitrogen functional groups attached to an aromatic ring is 1. The van der Waals surface area contributed by atoms with E-state index in [9.17, 15) is 0 Å². The largest absolute Gasteiger partial charge is 0.399 e. The van der Waals surface area contributed by atoms with Crippen molar-refractivity contribution in [2.24, 2.45) is 0 Å². The standard InChI is InChI=1S/C18H16.C9H8N2/c1-3-7-15-13(5-1)9-11-18-16-8-4-2-6-14(16)10-12-17(15)18;10-8-3-4-9-7(6-8)2-1-5-11-9/h1,3,5,7,9-12H,2,4,6,8H2;1-6H,10H2. The van der Waals surface area contributed by atoms with Crippen molar-refractivity contribution in [1.29, 1.82) is 0 Å². The molecule has 0 saturated heterocycles. The second-order valence-corrected chi connectivity index (χ2v) is 7.75. The minimum absolute atomic E-state index is 0.783. The minimum Gasteiger partial charge on any atom is -0.399 e. The average molecular weight is 377 g/mol. The van der Waals surface area contributed by atoms with Gasteiger partial charge in [0.25, 0.3) is 0 Å². The van der Waals surface area contributed by atoms with Gasteiger partial charge in [0.1, 0.15) is 0 Å². The van der Waals surface area contributed by atoms with Gasteiger partial charge < -0.3 is 5.73 Å². The Morgan fingerprint density at radius 2 is 1.48 bits per heavy atom. The Hall–Kier alpha value is -3.39. The first-order chi connectivity index (χ1) is 14.3. The van der Waals surface area contributed by atoms with Crippen molar-refractivity contribution in [3.63, 3.8) is 0 Å². The highest BCUT2D eigenvalue weighted by Gasteiger charge is 2.13. The third-order valence-electron chi connectivity index (χ3n) is 5.88. The van der Waals surface area contributed by atoms with E-state index in [0.29, 0.717) is 0 Å². The highest BCUT2D eigenvalue weighted by atomic mass is 14.6. The predicted octanol–water partition coefficient (Wildman–Crippen LogP) is 6.69. The predicted molar refractivity (Wildman–Crippen MR) is 124 cm³/mol. The molecule has 1 aliphatic rings. The van der Waals surface area contributed by atoms with Crippen molar-refractivity contribution < 1.29 is 0 Å². The molecule has 2 N–H and O–H groups in total. The third kappa shape index (κ3) is 3.42. The SMILES string of the molecule is Nc1ccc2ncccc2c1.c1ccc2c(c1)ccc1c3c(ccc12)CCCC3. The molecule has 5 aromatic rings. The van der Waals surface area contributed by atoms with Gasteiger partial charge in [-0.3, -0.25) is 4.98 Å². The molecule has 0 saturated carbocycles. The molecular formula is C27H24N2. The Morgan fingerprint density at radius 3 is 2.45 bits per heavy atom. The van der Waals surface area contributed by atoms with Crippen molar-refractivity contribution in [2.75, 3.05) is 5.73 Å². The summed E-state index contributed by atoms with van der Waals surface area (Å²) in [5, 5.41) is 6.73. The summed E-state index contributed by atoms with van der Waals surface area (Å²) in [6, 6.07) is 27.6. The van der Waals surface area contributed by atoms with E-state index in [-0.39, 0.29) is 0 Å². The number of rotatable bonds is 0. The van der Waals surface area contributed by atoms with Crippen molar-refractivity contribution in [3.8, 4) is 0 Å². The Bertz CT molecular complexity index is 1320. The molecule has 2 heteroatoms. The summed E-state index contributed by atoms with van der Waals surface area (Å²) >= 11 is 0. The van der Waals surface area contributed by atoms with Gasteiger partial charge in [0.15, 0.2) is 0 Å². The fraction of sp³-hybridized carbons (Fsp3) is 0.148. The molecule has 0 aliphatic heterocycles. The average Bonchev–Trinajstić information content (AvgIpc) is 2.79.